The topological polar surface area (TPSA) is 40.1 Å². The molecule has 0 bridgehead atoms. The van der Waals surface area contributed by atoms with Gasteiger partial charge in [-0.15, -0.1) is 24.0 Å². The van der Waals surface area contributed by atoms with Crippen molar-refractivity contribution in [1.29, 1.82) is 0 Å². The number of hydrogen-bond acceptors (Lipinski definition) is 3. The lowest BCUT2D eigenvalue weighted by Gasteiger charge is -2.35. The monoisotopic (exact) mass is 458 g/mol. The van der Waals surface area contributed by atoms with Gasteiger partial charge in [0.1, 0.15) is 0 Å². The molecular formula is C19H31IN4O. The third kappa shape index (κ3) is 5.31. The Bertz CT molecular complexity index is 580. The molecule has 2 atom stereocenters. The maximum absolute atomic E-state index is 6.03. The highest BCUT2D eigenvalue weighted by atomic mass is 127. The SMILES string of the molecule is CN=C(NCC1CN2CCCC2CO1)N(C)Cc1ccccc1C.I. The van der Waals surface area contributed by atoms with Crippen LogP contribution in [0.4, 0.5) is 0 Å². The first-order chi connectivity index (χ1) is 11.7. The van der Waals surface area contributed by atoms with E-state index < -0.39 is 0 Å². The van der Waals surface area contributed by atoms with Crippen LogP contribution in [0.15, 0.2) is 29.3 Å². The summed E-state index contributed by atoms with van der Waals surface area (Å²) in [6, 6.07) is 9.16. The predicted octanol–water partition coefficient (Wildman–Crippen LogP) is 2.48. The predicted molar refractivity (Wildman–Crippen MR) is 114 cm³/mol. The summed E-state index contributed by atoms with van der Waals surface area (Å²) in [5.41, 5.74) is 2.65. The maximum Gasteiger partial charge on any atom is 0.193 e. The van der Waals surface area contributed by atoms with Crippen LogP contribution in [-0.4, -0.2) is 68.2 Å². The third-order valence-corrected chi connectivity index (χ3v) is 5.19. The summed E-state index contributed by atoms with van der Waals surface area (Å²) in [6.07, 6.45) is 2.86. The number of morpholine rings is 1. The summed E-state index contributed by atoms with van der Waals surface area (Å²) in [7, 11) is 3.93. The number of hydrogen-bond donors (Lipinski definition) is 1. The Labute approximate surface area is 168 Å². The van der Waals surface area contributed by atoms with Gasteiger partial charge in [0.05, 0.1) is 12.7 Å². The first-order valence-corrected chi connectivity index (χ1v) is 8.99. The van der Waals surface area contributed by atoms with E-state index in [-0.39, 0.29) is 30.1 Å². The number of halogens is 1. The van der Waals surface area contributed by atoms with Crippen LogP contribution in [-0.2, 0) is 11.3 Å². The number of guanidine groups is 1. The van der Waals surface area contributed by atoms with Crippen LogP contribution >= 0.6 is 24.0 Å². The molecule has 0 spiro atoms. The van der Waals surface area contributed by atoms with E-state index in [1.165, 1.54) is 30.5 Å². The Balaban J connectivity index is 0.00000225. The zero-order valence-corrected chi connectivity index (χ0v) is 17.9. The molecule has 0 radical (unpaired) electrons. The van der Waals surface area contributed by atoms with Crippen molar-refractivity contribution < 1.29 is 4.74 Å². The summed E-state index contributed by atoms with van der Waals surface area (Å²) in [5, 5.41) is 3.48. The summed E-state index contributed by atoms with van der Waals surface area (Å²) in [6.45, 7) is 6.97. The molecule has 2 heterocycles. The van der Waals surface area contributed by atoms with E-state index >= 15 is 0 Å². The van der Waals surface area contributed by atoms with Crippen LogP contribution in [0.25, 0.3) is 0 Å². The molecule has 6 heteroatoms. The highest BCUT2D eigenvalue weighted by Gasteiger charge is 2.32. The average molecular weight is 458 g/mol. The molecule has 25 heavy (non-hydrogen) atoms. The molecule has 0 saturated carbocycles. The lowest BCUT2D eigenvalue weighted by atomic mass is 10.1. The van der Waals surface area contributed by atoms with E-state index in [2.05, 4.69) is 58.3 Å². The highest BCUT2D eigenvalue weighted by Crippen LogP contribution is 2.22. The molecule has 2 saturated heterocycles. The van der Waals surface area contributed by atoms with Gasteiger partial charge in [-0.3, -0.25) is 9.89 Å². The fourth-order valence-corrected chi connectivity index (χ4v) is 3.72. The van der Waals surface area contributed by atoms with E-state index in [1.54, 1.807) is 0 Å². The van der Waals surface area contributed by atoms with Gasteiger partial charge in [-0.1, -0.05) is 24.3 Å². The quantitative estimate of drug-likeness (QED) is 0.428. The second kappa shape index (κ2) is 9.73. The third-order valence-electron chi connectivity index (χ3n) is 5.19. The molecular weight excluding hydrogens is 427 g/mol. The van der Waals surface area contributed by atoms with Gasteiger partial charge in [0.15, 0.2) is 5.96 Å². The number of fused-ring (bicyclic) bond motifs is 1. The average Bonchev–Trinajstić information content (AvgIpc) is 3.05. The minimum atomic E-state index is 0. The summed E-state index contributed by atoms with van der Waals surface area (Å²) >= 11 is 0. The van der Waals surface area contributed by atoms with Crippen LogP contribution in [0, 0.1) is 6.92 Å². The zero-order valence-electron chi connectivity index (χ0n) is 15.6. The molecule has 2 aliphatic rings. The second-order valence-corrected chi connectivity index (χ2v) is 6.96. The zero-order chi connectivity index (χ0) is 16.9. The highest BCUT2D eigenvalue weighted by molar-refractivity contribution is 14.0. The maximum atomic E-state index is 6.03. The van der Waals surface area contributed by atoms with Crippen molar-refractivity contribution in [2.75, 3.05) is 40.3 Å². The van der Waals surface area contributed by atoms with Crippen molar-refractivity contribution in [3.05, 3.63) is 35.4 Å². The van der Waals surface area contributed by atoms with E-state index in [4.69, 9.17) is 4.74 Å². The summed E-state index contributed by atoms with van der Waals surface area (Å²) < 4.78 is 6.03. The van der Waals surface area contributed by atoms with Crippen molar-refractivity contribution in [2.24, 2.45) is 4.99 Å². The normalized spacial score (nSPS) is 23.7. The molecule has 3 rings (SSSR count). The van der Waals surface area contributed by atoms with Gasteiger partial charge in [0, 0.05) is 39.8 Å². The van der Waals surface area contributed by atoms with Gasteiger partial charge in [-0.2, -0.15) is 0 Å². The van der Waals surface area contributed by atoms with Crippen LogP contribution in [0.3, 0.4) is 0 Å². The van der Waals surface area contributed by atoms with Gasteiger partial charge in [0.2, 0.25) is 0 Å². The van der Waals surface area contributed by atoms with E-state index in [0.717, 1.165) is 32.2 Å². The number of nitrogens with zero attached hydrogens (tertiary/aromatic N) is 3. The number of nitrogens with one attached hydrogen (secondary N) is 1. The molecule has 140 valence electrons. The number of rotatable bonds is 4. The van der Waals surface area contributed by atoms with Crippen molar-refractivity contribution >= 4 is 29.9 Å². The number of benzene rings is 1. The lowest BCUT2D eigenvalue weighted by Crippen LogP contribution is -2.51. The van der Waals surface area contributed by atoms with Crippen molar-refractivity contribution in [3.63, 3.8) is 0 Å². The minimum absolute atomic E-state index is 0. The molecule has 5 nitrogen and oxygen atoms in total. The summed E-state index contributed by atoms with van der Waals surface area (Å²) in [5.74, 6) is 0.922. The first-order valence-electron chi connectivity index (χ1n) is 8.99. The Morgan fingerprint density at radius 3 is 2.96 bits per heavy atom. The van der Waals surface area contributed by atoms with E-state index in [0.29, 0.717) is 6.04 Å². The molecule has 2 aliphatic heterocycles. The Morgan fingerprint density at radius 2 is 2.20 bits per heavy atom. The van der Waals surface area contributed by atoms with E-state index in [9.17, 15) is 0 Å². The second-order valence-electron chi connectivity index (χ2n) is 6.96. The van der Waals surface area contributed by atoms with Crippen molar-refractivity contribution in [1.82, 2.24) is 15.1 Å². The van der Waals surface area contributed by atoms with Gasteiger partial charge in [0.25, 0.3) is 0 Å². The van der Waals surface area contributed by atoms with Crippen molar-refractivity contribution in [2.45, 2.75) is 38.5 Å². The molecule has 1 N–H and O–H groups in total. The van der Waals surface area contributed by atoms with Crippen LogP contribution in [0.2, 0.25) is 0 Å². The van der Waals surface area contributed by atoms with Crippen LogP contribution in [0.1, 0.15) is 24.0 Å². The largest absolute Gasteiger partial charge is 0.373 e. The first kappa shape index (κ1) is 20.5. The molecule has 0 amide bonds. The van der Waals surface area contributed by atoms with Crippen LogP contribution in [0.5, 0.6) is 0 Å². The fraction of sp³-hybridized carbons (Fsp3) is 0.632. The molecule has 0 aromatic heterocycles. The number of aryl methyl sites for hydroxylation is 1. The van der Waals surface area contributed by atoms with Gasteiger partial charge < -0.3 is 15.0 Å². The number of aliphatic imine (C=N–C) groups is 1. The molecule has 2 unspecified atom stereocenters. The molecule has 0 aliphatic carbocycles. The van der Waals surface area contributed by atoms with Gasteiger partial charge in [-0.25, -0.2) is 0 Å². The Morgan fingerprint density at radius 1 is 1.40 bits per heavy atom. The molecule has 1 aromatic carbocycles. The smallest absolute Gasteiger partial charge is 0.193 e. The van der Waals surface area contributed by atoms with Gasteiger partial charge >= 0.3 is 0 Å². The molecule has 1 aromatic rings. The Hall–Kier alpha value is -0.860. The molecule has 2 fully saturated rings. The van der Waals surface area contributed by atoms with E-state index in [1.807, 2.05) is 7.05 Å². The number of ether oxygens (including phenoxy) is 1. The lowest BCUT2D eigenvalue weighted by molar-refractivity contribution is -0.0454. The minimum Gasteiger partial charge on any atom is -0.373 e. The van der Waals surface area contributed by atoms with Crippen molar-refractivity contribution in [3.8, 4) is 0 Å². The Kier molecular flexibility index (Phi) is 7.96. The standard InChI is InChI=1S/C19H30N4O.HI/c1-15-7-4-5-8-16(15)12-22(3)19(20-2)21-11-18-13-23-10-6-9-17(23)14-24-18;/h4-5,7-8,17-18H,6,9-14H2,1-3H3,(H,20,21);1H. The van der Waals surface area contributed by atoms with Crippen LogP contribution < -0.4 is 5.32 Å². The summed E-state index contributed by atoms with van der Waals surface area (Å²) in [4.78, 5) is 9.18. The van der Waals surface area contributed by atoms with Gasteiger partial charge in [-0.05, 0) is 37.4 Å². The fourth-order valence-electron chi connectivity index (χ4n) is 3.72.